The molecule has 6 nitrogen and oxygen atoms in total. The molecule has 0 saturated carbocycles. The summed E-state index contributed by atoms with van der Waals surface area (Å²) in [6.45, 7) is 1.50. The topological polar surface area (TPSA) is 74.7 Å². The van der Waals surface area contributed by atoms with Gasteiger partial charge in [0.2, 0.25) is 5.88 Å². The Hall–Kier alpha value is -3.09. The van der Waals surface area contributed by atoms with Crippen molar-refractivity contribution in [2.24, 2.45) is 0 Å². The third-order valence-corrected chi connectivity index (χ3v) is 5.53. The lowest BCUT2D eigenvalue weighted by molar-refractivity contribution is 0.102. The van der Waals surface area contributed by atoms with Crippen molar-refractivity contribution in [3.8, 4) is 5.88 Å². The molecule has 3 aromatic rings. The lowest BCUT2D eigenvalue weighted by Gasteiger charge is -2.23. The number of nitrogens with one attached hydrogen (secondary N) is 1. The van der Waals surface area contributed by atoms with Crippen LogP contribution in [0.5, 0.6) is 5.88 Å². The summed E-state index contributed by atoms with van der Waals surface area (Å²) in [5.74, 6) is 0.267. The number of aliphatic hydroxyl groups excluding tert-OH is 1. The van der Waals surface area contributed by atoms with Crippen molar-refractivity contribution in [3.05, 3.63) is 83.0 Å². The van der Waals surface area contributed by atoms with E-state index in [9.17, 15) is 9.90 Å². The van der Waals surface area contributed by atoms with Crippen molar-refractivity contribution in [2.45, 2.75) is 18.9 Å². The molecule has 1 saturated heterocycles. The molecule has 1 fully saturated rings. The highest BCUT2D eigenvalue weighted by Gasteiger charge is 2.27. The molecular formula is C24H24ClN3O3. The zero-order valence-corrected chi connectivity index (χ0v) is 17.8. The summed E-state index contributed by atoms with van der Waals surface area (Å²) in [6, 6.07) is 18.5. The van der Waals surface area contributed by atoms with Gasteiger partial charge in [-0.2, -0.15) is 0 Å². The average Bonchev–Trinajstić information content (AvgIpc) is 3.24. The fraction of sp³-hybridized carbons (Fsp3) is 0.250. The zero-order valence-electron chi connectivity index (χ0n) is 17.0. The fourth-order valence-corrected chi connectivity index (χ4v) is 3.91. The van der Waals surface area contributed by atoms with Crippen molar-refractivity contribution < 1.29 is 14.6 Å². The summed E-state index contributed by atoms with van der Waals surface area (Å²) in [5.41, 5.74) is 3.24. The van der Waals surface area contributed by atoms with Crippen LogP contribution >= 0.6 is 11.6 Å². The van der Waals surface area contributed by atoms with Gasteiger partial charge in [-0.15, -0.1) is 0 Å². The minimum absolute atomic E-state index is 0.00801. The van der Waals surface area contributed by atoms with Gasteiger partial charge in [-0.1, -0.05) is 29.8 Å². The summed E-state index contributed by atoms with van der Waals surface area (Å²) in [5, 5.41) is 13.0. The largest absolute Gasteiger partial charge is 0.471 e. The van der Waals surface area contributed by atoms with Crippen molar-refractivity contribution in [2.75, 3.05) is 29.9 Å². The van der Waals surface area contributed by atoms with Crippen molar-refractivity contribution in [1.82, 2.24) is 4.98 Å². The molecule has 4 rings (SSSR count). The van der Waals surface area contributed by atoms with Gasteiger partial charge in [-0.3, -0.25) is 4.79 Å². The molecule has 1 aromatic heterocycles. The third kappa shape index (κ3) is 5.16. The molecule has 1 unspecified atom stereocenters. The Bertz CT molecular complexity index is 1050. The number of anilines is 2. The Labute approximate surface area is 186 Å². The molecule has 0 spiro atoms. The van der Waals surface area contributed by atoms with E-state index in [0.717, 1.165) is 29.9 Å². The van der Waals surface area contributed by atoms with Crippen molar-refractivity contribution in [1.29, 1.82) is 0 Å². The summed E-state index contributed by atoms with van der Waals surface area (Å²) >= 11 is 6.16. The van der Waals surface area contributed by atoms with Gasteiger partial charge in [0.1, 0.15) is 11.1 Å². The van der Waals surface area contributed by atoms with Gasteiger partial charge in [0, 0.05) is 42.7 Å². The van der Waals surface area contributed by atoms with Crippen LogP contribution < -0.4 is 15.0 Å². The van der Waals surface area contributed by atoms with Gasteiger partial charge >= 0.3 is 0 Å². The number of para-hydroxylation sites is 1. The van der Waals surface area contributed by atoms with Gasteiger partial charge in [0.25, 0.3) is 5.91 Å². The molecule has 1 atom stereocenters. The first-order valence-electron chi connectivity index (χ1n) is 10.3. The van der Waals surface area contributed by atoms with Crippen LogP contribution in [0.4, 0.5) is 11.4 Å². The standard InChI is InChI=1S/C24H24ClN3O3/c25-21-7-4-12-26-24(21)31-20-10-13-28(16-20)22-9-8-18(15-17(22)11-14-29)23(30)27-19-5-2-1-3-6-19/h1-9,12,15,20,29H,10-11,13-14,16H2,(H,27,30). The normalized spacial score (nSPS) is 15.7. The quantitative estimate of drug-likeness (QED) is 0.580. The second kappa shape index (κ2) is 9.81. The second-order valence-electron chi connectivity index (χ2n) is 7.40. The minimum Gasteiger partial charge on any atom is -0.471 e. The molecule has 7 heteroatoms. The van der Waals surface area contributed by atoms with Crippen LogP contribution in [0.15, 0.2) is 66.9 Å². The number of carbonyl (C=O) groups is 1. The Kier molecular flexibility index (Phi) is 6.70. The van der Waals surface area contributed by atoms with Gasteiger partial charge in [0.05, 0.1) is 6.54 Å². The van der Waals surface area contributed by atoms with E-state index < -0.39 is 0 Å². The maximum atomic E-state index is 12.7. The van der Waals surface area contributed by atoms with Crippen LogP contribution in [0.2, 0.25) is 5.02 Å². The van der Waals surface area contributed by atoms with E-state index in [1.54, 1.807) is 18.3 Å². The van der Waals surface area contributed by atoms with Crippen LogP contribution in [0.3, 0.4) is 0 Å². The first-order valence-corrected chi connectivity index (χ1v) is 10.6. The summed E-state index contributed by atoms with van der Waals surface area (Å²) in [6.07, 6.45) is 2.93. The number of hydrogen-bond acceptors (Lipinski definition) is 5. The Morgan fingerprint density at radius 2 is 2.03 bits per heavy atom. The highest BCUT2D eigenvalue weighted by Crippen LogP contribution is 2.29. The molecule has 1 aliphatic rings. The highest BCUT2D eigenvalue weighted by atomic mass is 35.5. The van der Waals surface area contributed by atoms with Crippen LogP contribution in [0, 0.1) is 0 Å². The minimum atomic E-state index is -0.177. The molecule has 31 heavy (non-hydrogen) atoms. The number of nitrogens with zero attached hydrogens (tertiary/aromatic N) is 2. The molecule has 1 aliphatic heterocycles. The maximum absolute atomic E-state index is 12.7. The number of amides is 1. The predicted molar refractivity (Wildman–Crippen MR) is 122 cm³/mol. The lowest BCUT2D eigenvalue weighted by atomic mass is 10.0. The Morgan fingerprint density at radius 3 is 2.81 bits per heavy atom. The van der Waals surface area contributed by atoms with Crippen molar-refractivity contribution >= 4 is 28.9 Å². The van der Waals surface area contributed by atoms with Gasteiger partial charge in [-0.05, 0) is 54.4 Å². The van der Waals surface area contributed by atoms with Crippen LogP contribution in [0.25, 0.3) is 0 Å². The number of aromatic nitrogens is 1. The van der Waals surface area contributed by atoms with Crippen molar-refractivity contribution in [3.63, 3.8) is 0 Å². The number of benzene rings is 2. The number of halogens is 1. The summed E-state index contributed by atoms with van der Waals surface area (Å²) < 4.78 is 5.99. The molecule has 0 bridgehead atoms. The molecule has 2 heterocycles. The lowest BCUT2D eigenvalue weighted by Crippen LogP contribution is -2.26. The van der Waals surface area contributed by atoms with E-state index in [1.807, 2.05) is 48.5 Å². The molecule has 0 radical (unpaired) electrons. The number of aliphatic hydroxyl groups is 1. The predicted octanol–water partition coefficient (Wildman–Crippen LogP) is 4.18. The number of hydrogen-bond donors (Lipinski definition) is 2. The molecular weight excluding hydrogens is 414 g/mol. The van der Waals surface area contributed by atoms with Gasteiger partial charge < -0.3 is 20.1 Å². The second-order valence-corrected chi connectivity index (χ2v) is 7.81. The smallest absolute Gasteiger partial charge is 0.255 e. The Balaban J connectivity index is 1.48. The molecule has 0 aliphatic carbocycles. The monoisotopic (exact) mass is 437 g/mol. The van der Waals surface area contributed by atoms with Gasteiger partial charge in [0.15, 0.2) is 0 Å². The van der Waals surface area contributed by atoms with E-state index in [1.165, 1.54) is 0 Å². The maximum Gasteiger partial charge on any atom is 0.255 e. The SMILES string of the molecule is O=C(Nc1ccccc1)c1ccc(N2CCC(Oc3ncccc3Cl)C2)c(CCO)c1. The number of rotatable bonds is 7. The van der Waals surface area contributed by atoms with Crippen LogP contribution in [-0.2, 0) is 6.42 Å². The highest BCUT2D eigenvalue weighted by molar-refractivity contribution is 6.31. The van der Waals surface area contributed by atoms with Crippen LogP contribution in [0.1, 0.15) is 22.3 Å². The van der Waals surface area contributed by atoms with E-state index in [-0.39, 0.29) is 18.6 Å². The number of carbonyl (C=O) groups excluding carboxylic acids is 1. The molecule has 160 valence electrons. The van der Waals surface area contributed by atoms with E-state index in [0.29, 0.717) is 29.4 Å². The number of pyridine rings is 1. The Morgan fingerprint density at radius 1 is 1.19 bits per heavy atom. The average molecular weight is 438 g/mol. The summed E-state index contributed by atoms with van der Waals surface area (Å²) in [7, 11) is 0. The summed E-state index contributed by atoms with van der Waals surface area (Å²) in [4.78, 5) is 19.1. The molecule has 2 aromatic carbocycles. The first kappa shape index (κ1) is 21.2. The van der Waals surface area contributed by atoms with Crippen LogP contribution in [-0.4, -0.2) is 41.8 Å². The molecule has 2 N–H and O–H groups in total. The zero-order chi connectivity index (χ0) is 21.6. The first-order chi connectivity index (χ1) is 15.1. The third-order valence-electron chi connectivity index (χ3n) is 5.24. The van der Waals surface area contributed by atoms with Gasteiger partial charge in [-0.25, -0.2) is 4.98 Å². The van der Waals surface area contributed by atoms with E-state index >= 15 is 0 Å². The molecule has 1 amide bonds. The van der Waals surface area contributed by atoms with E-state index in [2.05, 4.69) is 15.2 Å². The van der Waals surface area contributed by atoms with E-state index in [4.69, 9.17) is 16.3 Å². The fourth-order valence-electron chi connectivity index (χ4n) is 3.74. The number of ether oxygens (including phenoxy) is 1.